The first-order valence-electron chi connectivity index (χ1n) is 8.66. The van der Waals surface area contributed by atoms with Crippen LogP contribution in [0.2, 0.25) is 0 Å². The molecule has 136 valence electrons. The van der Waals surface area contributed by atoms with E-state index in [2.05, 4.69) is 58.0 Å². The average molecular weight is 369 g/mol. The molecule has 0 heterocycles. The summed E-state index contributed by atoms with van der Waals surface area (Å²) >= 11 is 1.70. The van der Waals surface area contributed by atoms with E-state index in [9.17, 15) is 0 Å². The highest BCUT2D eigenvalue weighted by Crippen LogP contribution is 2.38. The highest BCUT2D eigenvalue weighted by atomic mass is 32.2. The summed E-state index contributed by atoms with van der Waals surface area (Å²) in [6.45, 7) is 16.3. The summed E-state index contributed by atoms with van der Waals surface area (Å²) in [4.78, 5) is 1.17. The Hall–Kier alpha value is -0.593. The summed E-state index contributed by atoms with van der Waals surface area (Å²) < 4.78 is 19.4. The Morgan fingerprint density at radius 1 is 0.958 bits per heavy atom. The quantitative estimate of drug-likeness (QED) is 0.418. The Balaban J connectivity index is 3.31. The topological polar surface area (TPSA) is 27.7 Å². The van der Waals surface area contributed by atoms with E-state index in [0.717, 1.165) is 4.53 Å². The van der Waals surface area contributed by atoms with Crippen LogP contribution in [0.5, 0.6) is 0 Å². The summed E-state index contributed by atoms with van der Waals surface area (Å²) in [6, 6.07) is 8.53. The normalized spacial score (nSPS) is 13.4. The first kappa shape index (κ1) is 21.4. The van der Waals surface area contributed by atoms with Crippen molar-refractivity contribution >= 4 is 20.6 Å². The zero-order chi connectivity index (χ0) is 18.2. The molecule has 0 spiro atoms. The van der Waals surface area contributed by atoms with Crippen molar-refractivity contribution in [3.8, 4) is 0 Å². The standard InChI is InChI=1S/C19H32O3SSi/c1-8-20-24(21-9-2,22-10-3)18(15-19(5,6)7)23-17-13-11-16(4)12-14-17/h11-15H,8-10H2,1-7H3/b18-15+. The molecule has 0 aliphatic carbocycles. The van der Waals surface area contributed by atoms with Crippen LogP contribution >= 0.6 is 11.8 Å². The minimum absolute atomic E-state index is 0.0105. The van der Waals surface area contributed by atoms with Crippen LogP contribution in [0.15, 0.2) is 39.8 Å². The number of benzene rings is 1. The van der Waals surface area contributed by atoms with Gasteiger partial charge in [0, 0.05) is 24.7 Å². The van der Waals surface area contributed by atoms with Gasteiger partial charge in [0.2, 0.25) is 0 Å². The van der Waals surface area contributed by atoms with E-state index < -0.39 is 8.80 Å². The number of hydrogen-bond donors (Lipinski definition) is 0. The predicted molar refractivity (Wildman–Crippen MR) is 105 cm³/mol. The van der Waals surface area contributed by atoms with Gasteiger partial charge in [0.25, 0.3) is 0 Å². The van der Waals surface area contributed by atoms with Crippen LogP contribution in [-0.4, -0.2) is 28.6 Å². The van der Waals surface area contributed by atoms with Gasteiger partial charge in [-0.15, -0.1) is 0 Å². The van der Waals surface area contributed by atoms with Gasteiger partial charge in [-0.3, -0.25) is 0 Å². The number of rotatable bonds is 9. The summed E-state index contributed by atoms with van der Waals surface area (Å²) in [5.74, 6) is 0. The molecule has 0 radical (unpaired) electrons. The first-order chi connectivity index (χ1) is 11.3. The lowest BCUT2D eigenvalue weighted by Gasteiger charge is -2.31. The van der Waals surface area contributed by atoms with Crippen molar-refractivity contribution in [3.05, 3.63) is 40.4 Å². The monoisotopic (exact) mass is 368 g/mol. The highest BCUT2D eigenvalue weighted by molar-refractivity contribution is 8.05. The van der Waals surface area contributed by atoms with Gasteiger partial charge >= 0.3 is 8.80 Å². The van der Waals surface area contributed by atoms with Gasteiger partial charge < -0.3 is 13.3 Å². The van der Waals surface area contributed by atoms with E-state index in [1.165, 1.54) is 10.5 Å². The van der Waals surface area contributed by atoms with Gasteiger partial charge in [-0.25, -0.2) is 0 Å². The van der Waals surface area contributed by atoms with Crippen LogP contribution in [0.3, 0.4) is 0 Å². The molecule has 0 aromatic heterocycles. The second-order valence-corrected chi connectivity index (χ2v) is 10.6. The molecule has 0 aliphatic heterocycles. The molecule has 0 fully saturated rings. The van der Waals surface area contributed by atoms with Gasteiger partial charge in [-0.1, -0.05) is 56.3 Å². The Morgan fingerprint density at radius 3 is 1.79 bits per heavy atom. The van der Waals surface area contributed by atoms with Crippen LogP contribution in [0.4, 0.5) is 0 Å². The number of allylic oxidation sites excluding steroid dienone is 1. The van der Waals surface area contributed by atoms with Crippen LogP contribution < -0.4 is 0 Å². The molecule has 1 rings (SSSR count). The van der Waals surface area contributed by atoms with Crippen molar-refractivity contribution < 1.29 is 13.3 Å². The van der Waals surface area contributed by atoms with Crippen molar-refractivity contribution in [2.75, 3.05) is 19.8 Å². The molecule has 0 saturated heterocycles. The lowest BCUT2D eigenvalue weighted by atomic mass is 9.98. The second kappa shape index (κ2) is 9.78. The number of hydrogen-bond acceptors (Lipinski definition) is 4. The van der Waals surface area contributed by atoms with E-state index in [4.69, 9.17) is 13.3 Å². The smallest absolute Gasteiger partial charge is 0.370 e. The molecule has 0 amide bonds. The van der Waals surface area contributed by atoms with Gasteiger partial charge in [-0.05, 0) is 45.2 Å². The average Bonchev–Trinajstić information content (AvgIpc) is 2.48. The summed E-state index contributed by atoms with van der Waals surface area (Å²) in [7, 11) is -2.91. The Morgan fingerprint density at radius 2 is 1.42 bits per heavy atom. The maximum absolute atomic E-state index is 6.12. The zero-order valence-corrected chi connectivity index (χ0v) is 18.0. The SMILES string of the molecule is CCO[Si](OCC)(OCC)/C(=C/C(C)(C)C)Sc1ccc(C)cc1. The molecule has 0 bridgehead atoms. The number of aryl methyl sites for hydroxylation is 1. The van der Waals surface area contributed by atoms with Gasteiger partial charge in [0.05, 0.1) is 4.53 Å². The second-order valence-electron chi connectivity index (χ2n) is 6.64. The third kappa shape index (κ3) is 6.73. The molecule has 0 saturated carbocycles. The minimum Gasteiger partial charge on any atom is -0.370 e. The van der Waals surface area contributed by atoms with E-state index in [0.29, 0.717) is 19.8 Å². The fourth-order valence-corrected chi connectivity index (χ4v) is 6.96. The Bertz CT molecular complexity index is 503. The molecule has 0 N–H and O–H groups in total. The molecule has 3 nitrogen and oxygen atoms in total. The van der Waals surface area contributed by atoms with Crippen molar-refractivity contribution in [2.45, 2.75) is 53.4 Å². The van der Waals surface area contributed by atoms with Crippen LogP contribution in [0.1, 0.15) is 47.1 Å². The van der Waals surface area contributed by atoms with Crippen molar-refractivity contribution in [3.63, 3.8) is 0 Å². The van der Waals surface area contributed by atoms with Gasteiger partial charge in [0.15, 0.2) is 0 Å². The summed E-state index contributed by atoms with van der Waals surface area (Å²) in [5.41, 5.74) is 1.26. The van der Waals surface area contributed by atoms with Crippen molar-refractivity contribution in [2.24, 2.45) is 5.41 Å². The zero-order valence-electron chi connectivity index (χ0n) is 16.1. The van der Waals surface area contributed by atoms with Crippen LogP contribution in [0, 0.1) is 12.3 Å². The van der Waals surface area contributed by atoms with Gasteiger partial charge in [-0.2, -0.15) is 0 Å². The summed E-state index contributed by atoms with van der Waals surface area (Å²) in [6.07, 6.45) is 2.24. The maximum Gasteiger partial charge on any atom is 0.543 e. The Labute approximate surface area is 153 Å². The lowest BCUT2D eigenvalue weighted by Crippen LogP contribution is -2.48. The lowest BCUT2D eigenvalue weighted by molar-refractivity contribution is 0.0829. The van der Waals surface area contributed by atoms with Gasteiger partial charge in [0.1, 0.15) is 0 Å². The molecule has 0 aliphatic rings. The molecule has 0 unspecified atom stereocenters. The third-order valence-electron chi connectivity index (χ3n) is 3.12. The molecule has 5 heteroatoms. The fourth-order valence-electron chi connectivity index (χ4n) is 2.22. The Kier molecular flexibility index (Phi) is 8.74. The molecule has 1 aromatic rings. The van der Waals surface area contributed by atoms with Crippen molar-refractivity contribution in [1.29, 1.82) is 0 Å². The third-order valence-corrected chi connectivity index (χ3v) is 7.77. The molecule has 24 heavy (non-hydrogen) atoms. The van der Waals surface area contributed by atoms with Crippen molar-refractivity contribution in [1.82, 2.24) is 0 Å². The first-order valence-corrected chi connectivity index (χ1v) is 11.2. The van der Waals surface area contributed by atoms with E-state index in [1.54, 1.807) is 11.8 Å². The molecular formula is C19H32O3SSi. The predicted octanol–water partition coefficient (Wildman–Crippen LogP) is 5.60. The largest absolute Gasteiger partial charge is 0.543 e. The minimum atomic E-state index is -2.91. The fraction of sp³-hybridized carbons (Fsp3) is 0.579. The highest BCUT2D eigenvalue weighted by Gasteiger charge is 2.46. The maximum atomic E-state index is 6.12. The number of thioether (sulfide) groups is 1. The molecule has 1 aromatic carbocycles. The van der Waals surface area contributed by atoms with E-state index >= 15 is 0 Å². The van der Waals surface area contributed by atoms with E-state index in [-0.39, 0.29) is 5.41 Å². The van der Waals surface area contributed by atoms with E-state index in [1.807, 2.05) is 20.8 Å². The van der Waals surface area contributed by atoms with Crippen LogP contribution in [0.25, 0.3) is 0 Å². The molecular weight excluding hydrogens is 336 g/mol. The molecule has 0 atom stereocenters. The van der Waals surface area contributed by atoms with Crippen LogP contribution in [-0.2, 0) is 13.3 Å². The summed E-state index contributed by atoms with van der Waals surface area (Å²) in [5, 5.41) is 0.